The van der Waals surface area contributed by atoms with E-state index in [1.807, 2.05) is 0 Å². The summed E-state index contributed by atoms with van der Waals surface area (Å²) in [6.07, 6.45) is -2.99. The lowest BCUT2D eigenvalue weighted by Crippen LogP contribution is -2.14. The Morgan fingerprint density at radius 3 is 2.61 bits per heavy atom. The van der Waals surface area contributed by atoms with Crippen LogP contribution in [-0.4, -0.2) is 15.7 Å². The standard InChI is InChI=1S/C18H12Cl2F3N3O2/c19-14-5-4-12(9-15(14)20)24-17(27)16-6-7-26(25-16)10-28-13-3-1-2-11(8-13)18(21,22)23/h1-9H,10H2,(H,24,27). The second-order valence-corrected chi connectivity index (χ2v) is 6.44. The van der Waals surface area contributed by atoms with Crippen molar-refractivity contribution in [3.63, 3.8) is 0 Å². The van der Waals surface area contributed by atoms with Gasteiger partial charge in [0.25, 0.3) is 5.91 Å². The van der Waals surface area contributed by atoms with Crippen LogP contribution < -0.4 is 10.1 Å². The monoisotopic (exact) mass is 429 g/mol. The Morgan fingerprint density at radius 1 is 1.11 bits per heavy atom. The van der Waals surface area contributed by atoms with Gasteiger partial charge in [-0.05, 0) is 42.5 Å². The molecule has 10 heteroatoms. The number of ether oxygens (including phenoxy) is 1. The number of benzene rings is 2. The van der Waals surface area contributed by atoms with Crippen LogP contribution >= 0.6 is 23.2 Å². The number of hydrogen-bond donors (Lipinski definition) is 1. The molecule has 0 fully saturated rings. The minimum Gasteiger partial charge on any atom is -0.471 e. The van der Waals surface area contributed by atoms with Crippen molar-refractivity contribution in [3.8, 4) is 5.75 Å². The van der Waals surface area contributed by atoms with Gasteiger partial charge in [0.1, 0.15) is 5.75 Å². The number of nitrogens with one attached hydrogen (secondary N) is 1. The number of rotatable bonds is 5. The molecule has 0 unspecified atom stereocenters. The van der Waals surface area contributed by atoms with E-state index >= 15 is 0 Å². The van der Waals surface area contributed by atoms with Gasteiger partial charge in [-0.3, -0.25) is 4.79 Å². The molecule has 0 aliphatic rings. The van der Waals surface area contributed by atoms with Crippen molar-refractivity contribution >= 4 is 34.8 Å². The van der Waals surface area contributed by atoms with Crippen LogP contribution in [-0.2, 0) is 12.9 Å². The summed E-state index contributed by atoms with van der Waals surface area (Å²) >= 11 is 11.7. The van der Waals surface area contributed by atoms with Crippen molar-refractivity contribution < 1.29 is 22.7 Å². The van der Waals surface area contributed by atoms with Gasteiger partial charge >= 0.3 is 6.18 Å². The number of alkyl halides is 3. The molecular formula is C18H12Cl2F3N3O2. The number of nitrogens with zero attached hydrogens (tertiary/aromatic N) is 2. The van der Waals surface area contributed by atoms with Crippen molar-refractivity contribution in [1.29, 1.82) is 0 Å². The fourth-order valence-corrected chi connectivity index (χ4v) is 2.52. The van der Waals surface area contributed by atoms with Gasteiger partial charge < -0.3 is 10.1 Å². The predicted octanol–water partition coefficient (Wildman–Crippen LogP) is 5.50. The minimum absolute atomic E-state index is 0.0344. The first-order valence-electron chi connectivity index (χ1n) is 7.82. The van der Waals surface area contributed by atoms with Crippen LogP contribution in [0.3, 0.4) is 0 Å². The Bertz CT molecular complexity index is 1010. The molecule has 5 nitrogen and oxygen atoms in total. The Hall–Kier alpha value is -2.71. The molecule has 2 aromatic carbocycles. The summed E-state index contributed by atoms with van der Waals surface area (Å²) in [7, 11) is 0. The third kappa shape index (κ3) is 4.96. The predicted molar refractivity (Wildman–Crippen MR) is 98.7 cm³/mol. The highest BCUT2D eigenvalue weighted by Gasteiger charge is 2.30. The second-order valence-electron chi connectivity index (χ2n) is 5.62. The van der Waals surface area contributed by atoms with Gasteiger partial charge in [0.15, 0.2) is 12.4 Å². The van der Waals surface area contributed by atoms with Gasteiger partial charge in [-0.1, -0.05) is 29.3 Å². The fraction of sp³-hybridized carbons (Fsp3) is 0.111. The first-order chi connectivity index (χ1) is 13.2. The van der Waals surface area contributed by atoms with Crippen molar-refractivity contribution in [2.75, 3.05) is 5.32 Å². The maximum Gasteiger partial charge on any atom is 0.416 e. The second kappa shape index (κ2) is 8.12. The van der Waals surface area contributed by atoms with Gasteiger partial charge in [-0.2, -0.15) is 18.3 Å². The molecular weight excluding hydrogens is 418 g/mol. The third-order valence-corrected chi connectivity index (χ3v) is 4.31. The van der Waals surface area contributed by atoms with Crippen LogP contribution in [0.1, 0.15) is 16.1 Å². The number of hydrogen-bond acceptors (Lipinski definition) is 3. The topological polar surface area (TPSA) is 56.2 Å². The van der Waals surface area contributed by atoms with Crippen LogP contribution in [0.25, 0.3) is 0 Å². The minimum atomic E-state index is -4.46. The van der Waals surface area contributed by atoms with Crippen molar-refractivity contribution in [2.45, 2.75) is 12.9 Å². The first kappa shape index (κ1) is 20.0. The molecule has 1 aromatic heterocycles. The molecule has 0 saturated carbocycles. The Morgan fingerprint density at radius 2 is 1.89 bits per heavy atom. The summed E-state index contributed by atoms with van der Waals surface area (Å²) in [5.74, 6) is -0.455. The lowest BCUT2D eigenvalue weighted by molar-refractivity contribution is -0.137. The van der Waals surface area contributed by atoms with Gasteiger partial charge in [0.05, 0.1) is 15.6 Å². The number of amides is 1. The molecule has 1 amide bonds. The molecule has 3 aromatic rings. The molecule has 0 aliphatic carbocycles. The Balaban J connectivity index is 1.62. The van der Waals surface area contributed by atoms with Crippen LogP contribution in [0.2, 0.25) is 10.0 Å². The number of aromatic nitrogens is 2. The molecule has 1 N–H and O–H groups in total. The highest BCUT2D eigenvalue weighted by Crippen LogP contribution is 2.31. The Kier molecular flexibility index (Phi) is 5.81. The maximum absolute atomic E-state index is 12.7. The molecule has 0 aliphatic heterocycles. The normalized spacial score (nSPS) is 11.3. The average Bonchev–Trinajstić information content (AvgIpc) is 3.12. The zero-order valence-corrected chi connectivity index (χ0v) is 15.5. The van der Waals surface area contributed by atoms with E-state index in [1.165, 1.54) is 35.1 Å². The molecule has 1 heterocycles. The van der Waals surface area contributed by atoms with Crippen molar-refractivity contribution in [2.24, 2.45) is 0 Å². The van der Waals surface area contributed by atoms with Gasteiger partial charge in [-0.25, -0.2) is 4.68 Å². The van der Waals surface area contributed by atoms with E-state index in [2.05, 4.69) is 10.4 Å². The number of carbonyl (C=O) groups excluding carboxylic acids is 1. The lowest BCUT2D eigenvalue weighted by Gasteiger charge is -2.10. The van der Waals surface area contributed by atoms with Gasteiger partial charge in [0, 0.05) is 11.9 Å². The number of anilines is 1. The molecule has 0 saturated heterocycles. The average molecular weight is 430 g/mol. The zero-order valence-electron chi connectivity index (χ0n) is 14.0. The van der Waals surface area contributed by atoms with E-state index in [4.69, 9.17) is 27.9 Å². The van der Waals surface area contributed by atoms with Gasteiger partial charge in [0.2, 0.25) is 0 Å². The molecule has 0 atom stereocenters. The summed E-state index contributed by atoms with van der Waals surface area (Å²) in [5.41, 5.74) is -0.278. The molecule has 28 heavy (non-hydrogen) atoms. The van der Waals surface area contributed by atoms with E-state index in [-0.39, 0.29) is 18.2 Å². The molecule has 3 rings (SSSR count). The van der Waals surface area contributed by atoms with E-state index in [1.54, 1.807) is 12.1 Å². The summed E-state index contributed by atoms with van der Waals surface area (Å²) < 4.78 is 44.7. The van der Waals surface area contributed by atoms with Crippen LogP contribution in [0, 0.1) is 0 Å². The highest BCUT2D eigenvalue weighted by molar-refractivity contribution is 6.42. The summed E-state index contributed by atoms with van der Waals surface area (Å²) in [6, 6.07) is 10.6. The lowest BCUT2D eigenvalue weighted by atomic mass is 10.2. The first-order valence-corrected chi connectivity index (χ1v) is 8.58. The molecule has 0 radical (unpaired) electrons. The quantitative estimate of drug-likeness (QED) is 0.582. The Labute approximate surface area is 167 Å². The number of carbonyl (C=O) groups is 1. The van der Waals surface area contributed by atoms with E-state index in [0.717, 1.165) is 12.1 Å². The van der Waals surface area contributed by atoms with Crippen LogP contribution in [0.15, 0.2) is 54.7 Å². The maximum atomic E-state index is 12.7. The molecule has 0 bridgehead atoms. The van der Waals surface area contributed by atoms with Crippen LogP contribution in [0.5, 0.6) is 5.75 Å². The summed E-state index contributed by atoms with van der Waals surface area (Å²) in [5, 5.41) is 7.29. The van der Waals surface area contributed by atoms with E-state index in [9.17, 15) is 18.0 Å². The highest BCUT2D eigenvalue weighted by atomic mass is 35.5. The largest absolute Gasteiger partial charge is 0.471 e. The van der Waals surface area contributed by atoms with Crippen molar-refractivity contribution in [1.82, 2.24) is 9.78 Å². The fourth-order valence-electron chi connectivity index (χ4n) is 2.23. The molecule has 0 spiro atoms. The smallest absolute Gasteiger partial charge is 0.416 e. The van der Waals surface area contributed by atoms with Gasteiger partial charge in [-0.15, -0.1) is 0 Å². The SMILES string of the molecule is O=C(Nc1ccc(Cl)c(Cl)c1)c1ccn(COc2cccc(C(F)(F)F)c2)n1. The number of halogens is 5. The zero-order chi connectivity index (χ0) is 20.3. The summed E-state index contributed by atoms with van der Waals surface area (Å²) in [6.45, 7) is -0.165. The van der Waals surface area contributed by atoms with Crippen LogP contribution in [0.4, 0.5) is 18.9 Å². The third-order valence-electron chi connectivity index (χ3n) is 3.58. The van der Waals surface area contributed by atoms with E-state index in [0.29, 0.717) is 15.7 Å². The van der Waals surface area contributed by atoms with E-state index < -0.39 is 17.6 Å². The van der Waals surface area contributed by atoms with Crippen molar-refractivity contribution in [3.05, 3.63) is 76.0 Å². The summed E-state index contributed by atoms with van der Waals surface area (Å²) in [4.78, 5) is 12.2. The molecule has 146 valence electrons.